The Morgan fingerprint density at radius 2 is 2.04 bits per heavy atom. The first-order chi connectivity index (χ1) is 10.8. The summed E-state index contributed by atoms with van der Waals surface area (Å²) in [5, 5.41) is 7.75. The average Bonchev–Trinajstić information content (AvgIpc) is 2.93. The molecule has 23 heavy (non-hydrogen) atoms. The molecule has 0 atom stereocenters. The molecule has 5 nitrogen and oxygen atoms in total. The fourth-order valence-corrected chi connectivity index (χ4v) is 3.08. The summed E-state index contributed by atoms with van der Waals surface area (Å²) in [5.74, 6) is -0.598. The van der Waals surface area contributed by atoms with Gasteiger partial charge in [-0.05, 0) is 18.2 Å². The number of hydrogen-bond donors (Lipinski definition) is 2. The molecule has 0 radical (unpaired) electrons. The van der Waals surface area contributed by atoms with Gasteiger partial charge in [0.1, 0.15) is 0 Å². The molecule has 0 aliphatic heterocycles. The number of carbonyl (C=O) groups is 2. The van der Waals surface area contributed by atoms with Crippen molar-refractivity contribution in [2.45, 2.75) is 26.2 Å². The van der Waals surface area contributed by atoms with Gasteiger partial charge in [0, 0.05) is 20.8 Å². The number of halogens is 1. The Morgan fingerprint density at radius 3 is 2.65 bits per heavy atom. The molecule has 2 rings (SSSR count). The Hall–Kier alpha value is -1.73. The SMILES string of the molecule is CC(C)(C)c1csc(NC(=O)CNC(=O)c2cccc(Br)c2)n1. The van der Waals surface area contributed by atoms with E-state index in [1.54, 1.807) is 18.2 Å². The van der Waals surface area contributed by atoms with E-state index in [1.807, 2.05) is 11.4 Å². The zero-order chi connectivity index (χ0) is 17.0. The van der Waals surface area contributed by atoms with Crippen LogP contribution in [-0.4, -0.2) is 23.3 Å². The molecule has 0 saturated heterocycles. The molecule has 2 N–H and O–H groups in total. The Kier molecular flexibility index (Phi) is 5.54. The summed E-state index contributed by atoms with van der Waals surface area (Å²) in [6.45, 7) is 6.08. The highest BCUT2D eigenvalue weighted by Gasteiger charge is 2.18. The second-order valence-corrected chi connectivity index (χ2v) is 7.80. The summed E-state index contributed by atoms with van der Waals surface area (Å²) < 4.78 is 0.812. The first kappa shape index (κ1) is 17.6. The molecule has 0 aliphatic carbocycles. The third kappa shape index (κ3) is 5.14. The number of nitrogens with zero attached hydrogens (tertiary/aromatic N) is 1. The van der Waals surface area contributed by atoms with Crippen LogP contribution in [0.5, 0.6) is 0 Å². The van der Waals surface area contributed by atoms with Crippen molar-refractivity contribution < 1.29 is 9.59 Å². The van der Waals surface area contributed by atoms with Crippen LogP contribution in [0, 0.1) is 0 Å². The van der Waals surface area contributed by atoms with E-state index in [0.29, 0.717) is 10.7 Å². The molecular formula is C16H18BrN3O2S. The summed E-state index contributed by atoms with van der Waals surface area (Å²) in [6.07, 6.45) is 0. The number of anilines is 1. The van der Waals surface area contributed by atoms with Crippen LogP contribution >= 0.6 is 27.3 Å². The highest BCUT2D eigenvalue weighted by atomic mass is 79.9. The van der Waals surface area contributed by atoms with Crippen molar-refractivity contribution >= 4 is 44.2 Å². The highest BCUT2D eigenvalue weighted by molar-refractivity contribution is 9.10. The first-order valence-electron chi connectivity index (χ1n) is 7.05. The largest absolute Gasteiger partial charge is 0.343 e. The fraction of sp³-hybridized carbons (Fsp3) is 0.312. The van der Waals surface area contributed by atoms with Crippen LogP contribution in [0.15, 0.2) is 34.1 Å². The van der Waals surface area contributed by atoms with E-state index in [9.17, 15) is 9.59 Å². The number of nitrogens with one attached hydrogen (secondary N) is 2. The van der Waals surface area contributed by atoms with Crippen LogP contribution in [0.4, 0.5) is 5.13 Å². The lowest BCUT2D eigenvalue weighted by Gasteiger charge is -2.14. The number of benzene rings is 1. The molecule has 0 spiro atoms. The fourth-order valence-electron chi connectivity index (χ4n) is 1.73. The van der Waals surface area contributed by atoms with Crippen LogP contribution < -0.4 is 10.6 Å². The molecule has 7 heteroatoms. The number of thiazole rings is 1. The summed E-state index contributed by atoms with van der Waals surface area (Å²) in [7, 11) is 0. The third-order valence-corrected chi connectivity index (χ3v) is 4.27. The van der Waals surface area contributed by atoms with Gasteiger partial charge in [0.15, 0.2) is 5.13 Å². The minimum absolute atomic E-state index is 0.0611. The van der Waals surface area contributed by atoms with Crippen LogP contribution in [0.3, 0.4) is 0 Å². The Labute approximate surface area is 147 Å². The van der Waals surface area contributed by atoms with E-state index in [2.05, 4.69) is 52.3 Å². The molecule has 1 aromatic heterocycles. The molecule has 1 heterocycles. The molecule has 0 unspecified atom stereocenters. The van der Waals surface area contributed by atoms with Crippen molar-refractivity contribution in [1.82, 2.24) is 10.3 Å². The van der Waals surface area contributed by atoms with E-state index in [0.717, 1.165) is 10.2 Å². The first-order valence-corrected chi connectivity index (χ1v) is 8.72. The van der Waals surface area contributed by atoms with Crippen LogP contribution in [0.2, 0.25) is 0 Å². The standard InChI is InChI=1S/C16H18BrN3O2S/c1-16(2,3)12-9-23-15(19-12)20-13(21)8-18-14(22)10-5-4-6-11(17)7-10/h4-7,9H,8H2,1-3H3,(H,18,22)(H,19,20,21). The molecule has 1 aromatic carbocycles. The summed E-state index contributed by atoms with van der Waals surface area (Å²) in [4.78, 5) is 28.3. The number of amides is 2. The minimum atomic E-state index is -0.303. The summed E-state index contributed by atoms with van der Waals surface area (Å²) in [6, 6.07) is 6.99. The lowest BCUT2D eigenvalue weighted by molar-refractivity contribution is -0.115. The Morgan fingerprint density at radius 1 is 1.30 bits per heavy atom. The smallest absolute Gasteiger partial charge is 0.251 e. The van der Waals surface area contributed by atoms with Gasteiger partial charge in [0.25, 0.3) is 5.91 Å². The van der Waals surface area contributed by atoms with Crippen molar-refractivity contribution in [3.8, 4) is 0 Å². The van der Waals surface area contributed by atoms with Gasteiger partial charge in [0.2, 0.25) is 5.91 Å². The third-order valence-electron chi connectivity index (χ3n) is 3.02. The molecule has 2 aromatic rings. The van der Waals surface area contributed by atoms with Gasteiger partial charge < -0.3 is 10.6 Å². The summed E-state index contributed by atoms with van der Waals surface area (Å²) in [5.41, 5.74) is 1.36. The topological polar surface area (TPSA) is 71.1 Å². The second kappa shape index (κ2) is 7.23. The van der Waals surface area contributed by atoms with E-state index in [-0.39, 0.29) is 23.8 Å². The molecule has 0 fully saturated rings. The van der Waals surface area contributed by atoms with Crippen molar-refractivity contribution in [3.63, 3.8) is 0 Å². The average molecular weight is 396 g/mol. The van der Waals surface area contributed by atoms with Gasteiger partial charge in [0.05, 0.1) is 12.2 Å². The normalized spacial score (nSPS) is 11.1. The van der Waals surface area contributed by atoms with Crippen molar-refractivity contribution in [1.29, 1.82) is 0 Å². The van der Waals surface area contributed by atoms with Crippen LogP contribution in [-0.2, 0) is 10.2 Å². The lowest BCUT2D eigenvalue weighted by Crippen LogP contribution is -2.32. The zero-order valence-electron chi connectivity index (χ0n) is 13.1. The molecule has 0 bridgehead atoms. The highest BCUT2D eigenvalue weighted by Crippen LogP contribution is 2.26. The van der Waals surface area contributed by atoms with Gasteiger partial charge in [-0.2, -0.15) is 0 Å². The Balaban J connectivity index is 1.88. The Bertz CT molecular complexity index is 722. The van der Waals surface area contributed by atoms with Crippen LogP contribution in [0.1, 0.15) is 36.8 Å². The predicted octanol–water partition coefficient (Wildman–Crippen LogP) is 3.57. The van der Waals surface area contributed by atoms with Crippen LogP contribution in [0.25, 0.3) is 0 Å². The van der Waals surface area contributed by atoms with Gasteiger partial charge in [-0.15, -0.1) is 11.3 Å². The van der Waals surface area contributed by atoms with Crippen molar-refractivity contribution in [3.05, 3.63) is 45.4 Å². The van der Waals surface area contributed by atoms with E-state index in [4.69, 9.17) is 0 Å². The maximum absolute atomic E-state index is 12.0. The number of rotatable bonds is 4. The summed E-state index contributed by atoms with van der Waals surface area (Å²) >= 11 is 4.68. The van der Waals surface area contributed by atoms with E-state index in [1.165, 1.54) is 11.3 Å². The van der Waals surface area contributed by atoms with E-state index >= 15 is 0 Å². The van der Waals surface area contributed by atoms with Gasteiger partial charge in [-0.3, -0.25) is 9.59 Å². The maximum atomic E-state index is 12.0. The molecular weight excluding hydrogens is 378 g/mol. The quantitative estimate of drug-likeness (QED) is 0.830. The second-order valence-electron chi connectivity index (χ2n) is 6.03. The van der Waals surface area contributed by atoms with Gasteiger partial charge in [-0.1, -0.05) is 42.8 Å². The van der Waals surface area contributed by atoms with Gasteiger partial charge >= 0.3 is 0 Å². The monoisotopic (exact) mass is 395 g/mol. The van der Waals surface area contributed by atoms with Gasteiger partial charge in [-0.25, -0.2) is 4.98 Å². The molecule has 2 amide bonds. The number of carbonyl (C=O) groups excluding carboxylic acids is 2. The van der Waals surface area contributed by atoms with E-state index < -0.39 is 0 Å². The molecule has 122 valence electrons. The molecule has 0 aliphatic rings. The van der Waals surface area contributed by atoms with Crippen molar-refractivity contribution in [2.75, 3.05) is 11.9 Å². The number of hydrogen-bond acceptors (Lipinski definition) is 4. The maximum Gasteiger partial charge on any atom is 0.251 e. The van der Waals surface area contributed by atoms with Crippen molar-refractivity contribution in [2.24, 2.45) is 0 Å². The zero-order valence-corrected chi connectivity index (χ0v) is 15.5. The predicted molar refractivity (Wildman–Crippen MR) is 95.9 cm³/mol. The minimum Gasteiger partial charge on any atom is -0.343 e. The lowest BCUT2D eigenvalue weighted by atomic mass is 9.93. The number of aromatic nitrogens is 1. The molecule has 0 saturated carbocycles.